The molecular formula is C13H30BNO2. The quantitative estimate of drug-likeness (QED) is 0.408. The second kappa shape index (κ2) is 8.95. The number of rotatable bonds is 10. The van der Waals surface area contributed by atoms with Crippen LogP contribution in [0.15, 0.2) is 0 Å². The zero-order chi connectivity index (χ0) is 13.3. The largest absolute Gasteiger partial charge is 0.451 e. The van der Waals surface area contributed by atoms with Crippen molar-refractivity contribution < 1.29 is 10.0 Å². The summed E-state index contributed by atoms with van der Waals surface area (Å²) in [4.78, 5) is 0. The van der Waals surface area contributed by atoms with Gasteiger partial charge in [0.1, 0.15) is 0 Å². The van der Waals surface area contributed by atoms with E-state index in [9.17, 15) is 0 Å². The summed E-state index contributed by atoms with van der Waals surface area (Å²) >= 11 is 0. The topological polar surface area (TPSA) is 66.5 Å². The zero-order valence-electron chi connectivity index (χ0n) is 11.8. The maximum Gasteiger partial charge on any atom is 0.451 e. The van der Waals surface area contributed by atoms with Gasteiger partial charge in [-0.2, -0.15) is 0 Å². The highest BCUT2D eigenvalue weighted by Crippen LogP contribution is 2.29. The second-order valence-corrected chi connectivity index (χ2v) is 5.51. The van der Waals surface area contributed by atoms with Crippen molar-refractivity contribution in [2.24, 2.45) is 11.7 Å². The molecule has 4 N–H and O–H groups in total. The van der Waals surface area contributed by atoms with Gasteiger partial charge in [0.15, 0.2) is 0 Å². The maximum atomic E-state index is 8.78. The molecule has 102 valence electrons. The molecule has 4 heteroatoms. The van der Waals surface area contributed by atoms with E-state index in [-0.39, 0.29) is 5.54 Å². The van der Waals surface area contributed by atoms with E-state index in [1.807, 2.05) is 0 Å². The molecule has 1 unspecified atom stereocenters. The van der Waals surface area contributed by atoms with Crippen LogP contribution in [0, 0.1) is 5.92 Å². The Hall–Kier alpha value is -0.0551. The maximum absolute atomic E-state index is 8.78. The minimum atomic E-state index is -1.17. The molecule has 17 heavy (non-hydrogen) atoms. The molecule has 0 aromatic heterocycles. The highest BCUT2D eigenvalue weighted by Gasteiger charge is 2.28. The van der Waals surface area contributed by atoms with Gasteiger partial charge in [0.2, 0.25) is 0 Å². The third kappa shape index (κ3) is 7.79. The first-order valence-corrected chi connectivity index (χ1v) is 7.09. The lowest BCUT2D eigenvalue weighted by Gasteiger charge is -2.34. The van der Waals surface area contributed by atoms with Crippen LogP contribution >= 0.6 is 0 Å². The molecule has 0 aromatic rings. The Bertz CT molecular complexity index is 180. The van der Waals surface area contributed by atoms with Crippen LogP contribution in [-0.4, -0.2) is 22.7 Å². The molecule has 0 aromatic carbocycles. The van der Waals surface area contributed by atoms with Crippen molar-refractivity contribution in [3.63, 3.8) is 0 Å². The van der Waals surface area contributed by atoms with Gasteiger partial charge in [-0.25, -0.2) is 0 Å². The molecule has 0 saturated carbocycles. The molecule has 0 radical (unpaired) electrons. The minimum absolute atomic E-state index is 0.105. The third-order valence-electron chi connectivity index (χ3n) is 3.63. The first kappa shape index (κ1) is 16.9. The van der Waals surface area contributed by atoms with E-state index in [2.05, 4.69) is 20.8 Å². The van der Waals surface area contributed by atoms with Crippen LogP contribution in [-0.2, 0) is 0 Å². The van der Waals surface area contributed by atoms with E-state index in [1.54, 1.807) is 0 Å². The van der Waals surface area contributed by atoms with E-state index in [4.69, 9.17) is 15.8 Å². The summed E-state index contributed by atoms with van der Waals surface area (Å²) in [6.45, 7) is 6.57. The normalized spacial score (nSPS) is 15.0. The molecule has 0 saturated heterocycles. The van der Waals surface area contributed by atoms with Gasteiger partial charge in [-0.05, 0) is 38.4 Å². The Balaban J connectivity index is 4.02. The minimum Gasteiger partial charge on any atom is -0.427 e. The lowest BCUT2D eigenvalue weighted by molar-refractivity contribution is 0.237. The van der Waals surface area contributed by atoms with Crippen LogP contribution in [0.3, 0.4) is 0 Å². The van der Waals surface area contributed by atoms with E-state index >= 15 is 0 Å². The highest BCUT2D eigenvalue weighted by molar-refractivity contribution is 6.40. The van der Waals surface area contributed by atoms with E-state index in [0.717, 1.165) is 19.3 Å². The Morgan fingerprint density at radius 3 is 2.06 bits per heavy atom. The predicted molar refractivity (Wildman–Crippen MR) is 74.7 cm³/mol. The van der Waals surface area contributed by atoms with Gasteiger partial charge in [-0.3, -0.25) is 0 Å². The smallest absolute Gasteiger partial charge is 0.427 e. The number of hydrogen-bond donors (Lipinski definition) is 3. The Kier molecular flexibility index (Phi) is 8.92. The fraction of sp³-hybridized carbons (Fsp3) is 1.00. The number of unbranched alkanes of at least 4 members (excludes halogenated alkanes) is 1. The third-order valence-corrected chi connectivity index (χ3v) is 3.63. The molecule has 0 aliphatic heterocycles. The van der Waals surface area contributed by atoms with Gasteiger partial charge in [0.25, 0.3) is 0 Å². The Morgan fingerprint density at radius 1 is 1.12 bits per heavy atom. The fourth-order valence-corrected chi connectivity index (χ4v) is 2.54. The van der Waals surface area contributed by atoms with Crippen LogP contribution in [0.4, 0.5) is 0 Å². The first-order valence-electron chi connectivity index (χ1n) is 7.09. The van der Waals surface area contributed by atoms with Crippen LogP contribution < -0.4 is 5.73 Å². The van der Waals surface area contributed by atoms with Crippen molar-refractivity contribution in [2.75, 3.05) is 0 Å². The summed E-state index contributed by atoms with van der Waals surface area (Å²) in [5.41, 5.74) is 6.32. The van der Waals surface area contributed by atoms with Gasteiger partial charge >= 0.3 is 7.12 Å². The standard InChI is InChI=1S/C13H30BNO2/c1-4-8-12(9-5-2)13(3,15)10-6-7-11-14(16)17/h12,16-17H,4-11,15H2,1-3H3. The Labute approximate surface area is 107 Å². The summed E-state index contributed by atoms with van der Waals surface area (Å²) in [6, 6.07) is 0. The van der Waals surface area contributed by atoms with Gasteiger partial charge in [0.05, 0.1) is 0 Å². The first-order chi connectivity index (χ1) is 7.94. The van der Waals surface area contributed by atoms with Crippen LogP contribution in [0.2, 0.25) is 6.32 Å². The molecule has 0 amide bonds. The van der Waals surface area contributed by atoms with Crippen molar-refractivity contribution in [3.05, 3.63) is 0 Å². The van der Waals surface area contributed by atoms with E-state index < -0.39 is 7.12 Å². The van der Waals surface area contributed by atoms with Gasteiger partial charge in [-0.15, -0.1) is 0 Å². The fourth-order valence-electron chi connectivity index (χ4n) is 2.54. The van der Waals surface area contributed by atoms with Crippen molar-refractivity contribution in [1.29, 1.82) is 0 Å². The highest BCUT2D eigenvalue weighted by atomic mass is 16.4. The summed E-state index contributed by atoms with van der Waals surface area (Å²) in [5.74, 6) is 0.594. The monoisotopic (exact) mass is 243 g/mol. The average Bonchev–Trinajstić information content (AvgIpc) is 2.24. The van der Waals surface area contributed by atoms with Crippen LogP contribution in [0.25, 0.3) is 0 Å². The summed E-state index contributed by atoms with van der Waals surface area (Å²) in [7, 11) is -1.17. The molecule has 0 bridgehead atoms. The predicted octanol–water partition coefficient (Wildman–Crippen LogP) is 2.56. The van der Waals surface area contributed by atoms with Crippen molar-refractivity contribution in [3.8, 4) is 0 Å². The molecule has 3 nitrogen and oxygen atoms in total. The lowest BCUT2D eigenvalue weighted by Crippen LogP contribution is -2.44. The van der Waals surface area contributed by atoms with Crippen LogP contribution in [0.1, 0.15) is 65.7 Å². The van der Waals surface area contributed by atoms with Gasteiger partial charge in [0, 0.05) is 5.54 Å². The molecule has 0 spiro atoms. The number of nitrogens with two attached hydrogens (primary N) is 1. The Morgan fingerprint density at radius 2 is 1.65 bits per heavy atom. The second-order valence-electron chi connectivity index (χ2n) is 5.51. The van der Waals surface area contributed by atoms with Gasteiger partial charge < -0.3 is 15.8 Å². The molecule has 1 atom stereocenters. The molecular weight excluding hydrogens is 213 g/mol. The van der Waals surface area contributed by atoms with Gasteiger partial charge in [-0.1, -0.05) is 39.5 Å². The van der Waals surface area contributed by atoms with E-state index in [1.165, 1.54) is 25.7 Å². The van der Waals surface area contributed by atoms with Crippen LogP contribution in [0.5, 0.6) is 0 Å². The van der Waals surface area contributed by atoms with Crippen molar-refractivity contribution >= 4 is 7.12 Å². The molecule has 0 rings (SSSR count). The number of hydrogen-bond acceptors (Lipinski definition) is 3. The molecule has 0 heterocycles. The average molecular weight is 243 g/mol. The SMILES string of the molecule is CCCC(CCC)C(C)(N)CCCCB(O)O. The van der Waals surface area contributed by atoms with E-state index in [0.29, 0.717) is 12.2 Å². The zero-order valence-corrected chi connectivity index (χ0v) is 11.8. The summed E-state index contributed by atoms with van der Waals surface area (Å²) in [5, 5.41) is 17.6. The molecule has 0 aliphatic rings. The van der Waals surface area contributed by atoms with Crippen molar-refractivity contribution in [1.82, 2.24) is 0 Å². The lowest BCUT2D eigenvalue weighted by atomic mass is 9.76. The molecule has 0 fully saturated rings. The summed E-state index contributed by atoms with van der Waals surface area (Å²) in [6.07, 6.45) is 8.03. The van der Waals surface area contributed by atoms with Crippen molar-refractivity contribution in [2.45, 2.75) is 77.6 Å². The molecule has 0 aliphatic carbocycles. The summed E-state index contributed by atoms with van der Waals surface area (Å²) < 4.78 is 0.